The van der Waals surface area contributed by atoms with E-state index in [2.05, 4.69) is 32.7 Å². The maximum absolute atomic E-state index is 6.14. The molecular weight excluding hydrogens is 220 g/mol. The zero-order chi connectivity index (χ0) is 12.3. The van der Waals surface area contributed by atoms with Crippen molar-refractivity contribution in [1.82, 2.24) is 4.90 Å². The lowest BCUT2D eigenvalue weighted by Gasteiger charge is -2.28. The Balaban J connectivity index is 2.76. The number of halogens is 1. The monoisotopic (exact) mass is 240 g/mol. The van der Waals surface area contributed by atoms with Gasteiger partial charge in [0.2, 0.25) is 0 Å². The number of hydrogen-bond acceptors (Lipinski definition) is 2. The van der Waals surface area contributed by atoms with Gasteiger partial charge in [-0.3, -0.25) is 4.90 Å². The molecule has 0 fully saturated rings. The van der Waals surface area contributed by atoms with Crippen molar-refractivity contribution < 1.29 is 0 Å². The fourth-order valence-corrected chi connectivity index (χ4v) is 1.81. The highest BCUT2D eigenvalue weighted by Crippen LogP contribution is 2.21. The van der Waals surface area contributed by atoms with Gasteiger partial charge >= 0.3 is 0 Å². The molecule has 0 bridgehead atoms. The first-order valence-electron chi connectivity index (χ1n) is 5.66. The summed E-state index contributed by atoms with van der Waals surface area (Å²) in [5.74, 6) is 0.629. The summed E-state index contributed by atoms with van der Waals surface area (Å²) >= 11 is 6.14. The summed E-state index contributed by atoms with van der Waals surface area (Å²) in [4.78, 5) is 2.30. The van der Waals surface area contributed by atoms with Crippen molar-refractivity contribution in [2.75, 3.05) is 12.8 Å². The number of nitrogens with zero attached hydrogens (tertiary/aromatic N) is 1. The molecule has 0 aliphatic heterocycles. The van der Waals surface area contributed by atoms with Crippen molar-refractivity contribution in [2.45, 2.75) is 33.4 Å². The van der Waals surface area contributed by atoms with E-state index >= 15 is 0 Å². The van der Waals surface area contributed by atoms with Crippen molar-refractivity contribution in [1.29, 1.82) is 0 Å². The van der Waals surface area contributed by atoms with Crippen LogP contribution in [0.1, 0.15) is 26.3 Å². The van der Waals surface area contributed by atoms with Gasteiger partial charge in [-0.05, 0) is 43.7 Å². The molecule has 0 radical (unpaired) electrons. The van der Waals surface area contributed by atoms with Crippen molar-refractivity contribution in [2.24, 2.45) is 5.92 Å². The number of rotatable bonds is 4. The summed E-state index contributed by atoms with van der Waals surface area (Å²) in [5.41, 5.74) is 7.62. The molecule has 0 aliphatic rings. The third-order valence-corrected chi connectivity index (χ3v) is 3.52. The number of nitrogens with two attached hydrogens (primary N) is 1. The molecule has 0 spiro atoms. The largest absolute Gasteiger partial charge is 0.399 e. The average Bonchev–Trinajstić information content (AvgIpc) is 2.22. The van der Waals surface area contributed by atoms with Gasteiger partial charge in [0.1, 0.15) is 0 Å². The number of hydrogen-bond donors (Lipinski definition) is 1. The smallest absolute Gasteiger partial charge is 0.0452 e. The lowest BCUT2D eigenvalue weighted by molar-refractivity contribution is 0.200. The Morgan fingerprint density at radius 1 is 1.31 bits per heavy atom. The fraction of sp³-hybridized carbons (Fsp3) is 0.538. The van der Waals surface area contributed by atoms with Gasteiger partial charge in [0.15, 0.2) is 0 Å². The molecule has 0 saturated heterocycles. The Bertz CT molecular complexity index is 350. The molecule has 16 heavy (non-hydrogen) atoms. The summed E-state index contributed by atoms with van der Waals surface area (Å²) < 4.78 is 0. The van der Waals surface area contributed by atoms with E-state index in [1.54, 1.807) is 0 Å². The van der Waals surface area contributed by atoms with E-state index in [4.69, 9.17) is 17.3 Å². The molecule has 0 heterocycles. The van der Waals surface area contributed by atoms with Crippen LogP contribution in [0.15, 0.2) is 18.2 Å². The minimum absolute atomic E-state index is 0.525. The normalized spacial score (nSPS) is 13.4. The quantitative estimate of drug-likeness (QED) is 0.818. The minimum Gasteiger partial charge on any atom is -0.399 e. The first kappa shape index (κ1) is 13.3. The van der Waals surface area contributed by atoms with Crippen LogP contribution in [0.25, 0.3) is 0 Å². The van der Waals surface area contributed by atoms with E-state index in [1.165, 1.54) is 0 Å². The lowest BCUT2D eigenvalue weighted by Crippen LogP contribution is -2.32. The maximum atomic E-state index is 6.14. The van der Waals surface area contributed by atoms with E-state index in [1.807, 2.05) is 18.2 Å². The Kier molecular flexibility index (Phi) is 4.63. The van der Waals surface area contributed by atoms with Crippen LogP contribution in [0.2, 0.25) is 5.02 Å². The summed E-state index contributed by atoms with van der Waals surface area (Å²) in [5, 5.41) is 0.789. The van der Waals surface area contributed by atoms with E-state index in [0.29, 0.717) is 12.0 Å². The SMILES string of the molecule is CC(C)C(C)N(C)Cc1cc(N)ccc1Cl. The summed E-state index contributed by atoms with van der Waals surface area (Å²) in [7, 11) is 2.12. The zero-order valence-electron chi connectivity index (χ0n) is 10.5. The molecule has 0 saturated carbocycles. The molecule has 0 amide bonds. The molecule has 0 aromatic heterocycles. The fourth-order valence-electron chi connectivity index (χ4n) is 1.64. The Hall–Kier alpha value is -0.730. The molecule has 1 unspecified atom stereocenters. The van der Waals surface area contributed by atoms with Gasteiger partial charge in [0, 0.05) is 23.3 Å². The van der Waals surface area contributed by atoms with Crippen LogP contribution < -0.4 is 5.73 Å². The second-order valence-corrected chi connectivity index (χ2v) is 5.16. The third kappa shape index (κ3) is 3.39. The average molecular weight is 241 g/mol. The van der Waals surface area contributed by atoms with Crippen LogP contribution in [-0.2, 0) is 6.54 Å². The van der Waals surface area contributed by atoms with Crippen LogP contribution in [0.4, 0.5) is 5.69 Å². The molecule has 1 aromatic carbocycles. The second-order valence-electron chi connectivity index (χ2n) is 4.75. The van der Waals surface area contributed by atoms with Crippen LogP contribution in [0.3, 0.4) is 0 Å². The zero-order valence-corrected chi connectivity index (χ0v) is 11.3. The summed E-state index contributed by atoms with van der Waals surface area (Å²) in [6, 6.07) is 6.17. The predicted octanol–water partition coefficient (Wildman–Crippen LogP) is 3.40. The Morgan fingerprint density at radius 3 is 2.50 bits per heavy atom. The van der Waals surface area contributed by atoms with Crippen LogP contribution in [-0.4, -0.2) is 18.0 Å². The lowest BCUT2D eigenvalue weighted by atomic mass is 10.0. The molecule has 1 aromatic rings. The van der Waals surface area contributed by atoms with E-state index in [-0.39, 0.29) is 0 Å². The molecule has 3 heteroatoms. The van der Waals surface area contributed by atoms with Gasteiger partial charge in [-0.25, -0.2) is 0 Å². The van der Waals surface area contributed by atoms with Gasteiger partial charge < -0.3 is 5.73 Å². The molecule has 1 rings (SSSR count). The van der Waals surface area contributed by atoms with Gasteiger partial charge in [0.05, 0.1) is 0 Å². The first-order chi connectivity index (χ1) is 7.41. The predicted molar refractivity (Wildman–Crippen MR) is 71.6 cm³/mol. The number of benzene rings is 1. The number of nitrogen functional groups attached to an aromatic ring is 1. The first-order valence-corrected chi connectivity index (χ1v) is 6.03. The molecular formula is C13H21ClN2. The van der Waals surface area contributed by atoms with Crippen LogP contribution in [0.5, 0.6) is 0 Å². The number of anilines is 1. The highest BCUT2D eigenvalue weighted by molar-refractivity contribution is 6.31. The van der Waals surface area contributed by atoms with Crippen LogP contribution in [0, 0.1) is 5.92 Å². The molecule has 0 aliphatic carbocycles. The maximum Gasteiger partial charge on any atom is 0.0452 e. The van der Waals surface area contributed by atoms with Gasteiger partial charge in [-0.1, -0.05) is 25.4 Å². The third-order valence-electron chi connectivity index (χ3n) is 3.15. The summed E-state index contributed by atoms with van der Waals surface area (Å²) in [6.45, 7) is 7.51. The van der Waals surface area contributed by atoms with Gasteiger partial charge in [0.25, 0.3) is 0 Å². The van der Waals surface area contributed by atoms with E-state index < -0.39 is 0 Å². The van der Waals surface area contributed by atoms with E-state index in [9.17, 15) is 0 Å². The van der Waals surface area contributed by atoms with E-state index in [0.717, 1.165) is 22.8 Å². The van der Waals surface area contributed by atoms with Crippen LogP contribution >= 0.6 is 11.6 Å². The summed E-state index contributed by atoms with van der Waals surface area (Å²) in [6.07, 6.45) is 0. The molecule has 2 nitrogen and oxygen atoms in total. The molecule has 1 atom stereocenters. The van der Waals surface area contributed by atoms with Crippen molar-refractivity contribution in [3.05, 3.63) is 28.8 Å². The standard InChI is InChI=1S/C13H21ClN2/c1-9(2)10(3)16(4)8-11-7-12(15)5-6-13(11)14/h5-7,9-10H,8,15H2,1-4H3. The van der Waals surface area contributed by atoms with Crippen molar-refractivity contribution >= 4 is 17.3 Å². The molecule has 90 valence electrons. The minimum atomic E-state index is 0.525. The Morgan fingerprint density at radius 2 is 1.94 bits per heavy atom. The Labute approximate surface area is 103 Å². The highest BCUT2D eigenvalue weighted by atomic mass is 35.5. The van der Waals surface area contributed by atoms with Crippen molar-refractivity contribution in [3.8, 4) is 0 Å². The molecule has 2 N–H and O–H groups in total. The van der Waals surface area contributed by atoms with Crippen molar-refractivity contribution in [3.63, 3.8) is 0 Å². The highest BCUT2D eigenvalue weighted by Gasteiger charge is 2.14. The van der Waals surface area contributed by atoms with Gasteiger partial charge in [-0.15, -0.1) is 0 Å². The topological polar surface area (TPSA) is 29.3 Å². The second kappa shape index (κ2) is 5.55. The van der Waals surface area contributed by atoms with Gasteiger partial charge in [-0.2, -0.15) is 0 Å².